The van der Waals surface area contributed by atoms with E-state index in [1.165, 1.54) is 35.4 Å². The second-order valence-corrected chi connectivity index (χ2v) is 11.2. The van der Waals surface area contributed by atoms with Gasteiger partial charge in [0, 0.05) is 11.3 Å². The minimum absolute atomic E-state index is 0.318. The Morgan fingerprint density at radius 3 is 1.33 bits per heavy atom. The molecule has 0 saturated carbocycles. The zero-order valence-corrected chi connectivity index (χ0v) is 25.0. The van der Waals surface area contributed by atoms with Gasteiger partial charge >= 0.3 is 23.9 Å². The molecule has 0 spiro atoms. The van der Waals surface area contributed by atoms with Crippen LogP contribution in [0.5, 0.6) is 0 Å². The van der Waals surface area contributed by atoms with Crippen molar-refractivity contribution in [2.75, 3.05) is 0 Å². The van der Waals surface area contributed by atoms with Crippen LogP contribution in [0.25, 0.3) is 0 Å². The molecule has 4 aromatic carbocycles. The van der Waals surface area contributed by atoms with Crippen LogP contribution in [0, 0.1) is 0 Å². The molecule has 0 amide bonds. The number of aromatic carboxylic acids is 4. The van der Waals surface area contributed by atoms with E-state index in [1.807, 2.05) is 36.4 Å². The van der Waals surface area contributed by atoms with Gasteiger partial charge in [-0.1, -0.05) is 99.0 Å². The van der Waals surface area contributed by atoms with Crippen LogP contribution in [0.4, 0.5) is 0 Å². The largest absolute Gasteiger partial charge is 0.478 e. The van der Waals surface area contributed by atoms with Crippen molar-refractivity contribution in [2.24, 2.45) is 0 Å². The quantitative estimate of drug-likeness (QED) is 0.106. The minimum Gasteiger partial charge on any atom is -0.478 e. The van der Waals surface area contributed by atoms with E-state index in [2.05, 4.69) is 31.2 Å². The fraction of sp³-hybridized carbons (Fsp3) is 0.243. The van der Waals surface area contributed by atoms with E-state index in [4.69, 9.17) is 0 Å². The molecule has 45 heavy (non-hydrogen) atoms. The molecule has 4 rings (SSSR count). The van der Waals surface area contributed by atoms with Gasteiger partial charge in [0.1, 0.15) is 0 Å². The number of rotatable bonds is 15. The summed E-state index contributed by atoms with van der Waals surface area (Å²) in [4.78, 5) is 47.6. The van der Waals surface area contributed by atoms with Crippen molar-refractivity contribution in [1.82, 2.24) is 0 Å². The van der Waals surface area contributed by atoms with Gasteiger partial charge < -0.3 is 20.4 Å². The highest BCUT2D eigenvalue weighted by atomic mass is 16.4. The smallest absolute Gasteiger partial charge is 0.336 e. The zero-order valence-electron chi connectivity index (χ0n) is 25.0. The number of carboxylic acids is 4. The van der Waals surface area contributed by atoms with E-state index in [1.54, 1.807) is 12.1 Å². The number of benzene rings is 4. The molecule has 4 N–H and O–H groups in total. The third-order valence-electron chi connectivity index (χ3n) is 8.52. The molecule has 0 aromatic heterocycles. The predicted molar refractivity (Wildman–Crippen MR) is 170 cm³/mol. The van der Waals surface area contributed by atoms with E-state index in [0.29, 0.717) is 24.0 Å². The topological polar surface area (TPSA) is 149 Å². The van der Waals surface area contributed by atoms with Crippen molar-refractivity contribution in [3.63, 3.8) is 0 Å². The molecule has 0 aliphatic carbocycles. The molecule has 0 aliphatic rings. The minimum atomic E-state index is -1.40. The lowest BCUT2D eigenvalue weighted by Crippen LogP contribution is -2.28. The van der Waals surface area contributed by atoms with Gasteiger partial charge in [-0.25, -0.2) is 19.2 Å². The summed E-state index contributed by atoms with van der Waals surface area (Å²) < 4.78 is 0. The Kier molecular flexibility index (Phi) is 10.5. The van der Waals surface area contributed by atoms with Gasteiger partial charge in [-0.15, -0.1) is 0 Å². The Morgan fingerprint density at radius 1 is 0.556 bits per heavy atom. The summed E-state index contributed by atoms with van der Waals surface area (Å²) in [6, 6.07) is 28.8. The summed E-state index contributed by atoms with van der Waals surface area (Å²) in [6.07, 6.45) is 4.73. The number of unbranched alkanes of at least 4 members (excludes halogenated alkanes) is 1. The molecule has 8 heteroatoms. The number of hydrogen-bond acceptors (Lipinski definition) is 4. The van der Waals surface area contributed by atoms with Crippen molar-refractivity contribution in [3.05, 3.63) is 142 Å². The van der Waals surface area contributed by atoms with Crippen LogP contribution in [-0.4, -0.2) is 44.3 Å². The first-order valence-electron chi connectivity index (χ1n) is 14.9. The lowest BCUT2D eigenvalue weighted by molar-refractivity contribution is 0.0651. The van der Waals surface area contributed by atoms with Crippen molar-refractivity contribution in [1.29, 1.82) is 0 Å². The molecule has 0 atom stereocenters. The van der Waals surface area contributed by atoms with Crippen LogP contribution in [-0.2, 0) is 5.41 Å². The number of carbonyl (C=O) groups is 4. The van der Waals surface area contributed by atoms with Crippen LogP contribution in [0.3, 0.4) is 0 Å². The standard InChI is InChI=1S/C37H36O8/c1-2-3-20-37(26-11-6-4-7-12-26,27-13-8-5-9-14-27)21-10-15-28(24-16-18-29(33(38)39)31(22-24)35(42)43)25-17-19-30(34(40)41)32(23-25)36(44)45/h4-9,11-14,16-19,22-23,28H,2-3,10,15,20-21H2,1H3,(H,38,39)(H,40,41)(H,42,43)(H,44,45). The molecular formula is C37H36O8. The summed E-state index contributed by atoms with van der Waals surface area (Å²) >= 11 is 0. The highest BCUT2D eigenvalue weighted by Crippen LogP contribution is 2.43. The van der Waals surface area contributed by atoms with Crippen molar-refractivity contribution >= 4 is 23.9 Å². The van der Waals surface area contributed by atoms with E-state index in [9.17, 15) is 39.6 Å². The lowest BCUT2D eigenvalue weighted by atomic mass is 9.67. The fourth-order valence-corrected chi connectivity index (χ4v) is 6.28. The monoisotopic (exact) mass is 608 g/mol. The maximum atomic E-state index is 12.1. The molecule has 4 aromatic rings. The van der Waals surface area contributed by atoms with Gasteiger partial charge in [-0.3, -0.25) is 0 Å². The summed E-state index contributed by atoms with van der Waals surface area (Å²) in [6.45, 7) is 2.15. The molecule has 0 heterocycles. The van der Waals surface area contributed by atoms with E-state index < -0.39 is 29.8 Å². The highest BCUT2D eigenvalue weighted by Gasteiger charge is 2.34. The van der Waals surface area contributed by atoms with Gasteiger partial charge in [-0.05, 0) is 65.8 Å². The Hall–Kier alpha value is -5.24. The molecule has 0 fully saturated rings. The lowest BCUT2D eigenvalue weighted by Gasteiger charge is -2.36. The van der Waals surface area contributed by atoms with Crippen molar-refractivity contribution < 1.29 is 39.6 Å². The van der Waals surface area contributed by atoms with Crippen LogP contribution < -0.4 is 0 Å². The first-order valence-corrected chi connectivity index (χ1v) is 14.9. The van der Waals surface area contributed by atoms with E-state index >= 15 is 0 Å². The average molecular weight is 609 g/mol. The van der Waals surface area contributed by atoms with Gasteiger partial charge in [0.05, 0.1) is 22.3 Å². The summed E-state index contributed by atoms with van der Waals surface area (Å²) in [5.41, 5.74) is 1.56. The van der Waals surface area contributed by atoms with Gasteiger partial charge in [-0.2, -0.15) is 0 Å². The zero-order chi connectivity index (χ0) is 32.6. The Bertz CT molecular complexity index is 1560. The predicted octanol–water partition coefficient (Wildman–Crippen LogP) is 7.96. The first-order chi connectivity index (χ1) is 21.6. The molecule has 0 aliphatic heterocycles. The fourth-order valence-electron chi connectivity index (χ4n) is 6.28. The Labute approximate surface area is 261 Å². The Balaban J connectivity index is 1.82. The van der Waals surface area contributed by atoms with Gasteiger partial charge in [0.15, 0.2) is 0 Å². The van der Waals surface area contributed by atoms with Crippen LogP contribution in [0.2, 0.25) is 0 Å². The first kappa shape index (κ1) is 32.7. The second-order valence-electron chi connectivity index (χ2n) is 11.2. The van der Waals surface area contributed by atoms with E-state index in [-0.39, 0.29) is 27.7 Å². The van der Waals surface area contributed by atoms with E-state index in [0.717, 1.165) is 25.7 Å². The van der Waals surface area contributed by atoms with Crippen molar-refractivity contribution in [3.8, 4) is 0 Å². The highest BCUT2D eigenvalue weighted by molar-refractivity contribution is 6.02. The molecule has 232 valence electrons. The maximum Gasteiger partial charge on any atom is 0.336 e. The third-order valence-corrected chi connectivity index (χ3v) is 8.52. The number of carboxylic acid groups (broad SMARTS) is 4. The normalized spacial score (nSPS) is 11.3. The van der Waals surface area contributed by atoms with Gasteiger partial charge in [0.2, 0.25) is 0 Å². The molecule has 0 saturated heterocycles. The molecule has 0 unspecified atom stereocenters. The van der Waals surface area contributed by atoms with Crippen LogP contribution in [0.1, 0.15) is 115 Å². The Morgan fingerprint density at radius 2 is 0.956 bits per heavy atom. The summed E-state index contributed by atoms with van der Waals surface area (Å²) in [5.74, 6) is -6.08. The number of hydrogen-bond donors (Lipinski definition) is 4. The molecular weight excluding hydrogens is 572 g/mol. The SMILES string of the molecule is CCCCC(CCCC(c1ccc(C(=O)O)c(C(=O)O)c1)c1ccc(C(=O)O)c(C(=O)O)c1)(c1ccccc1)c1ccccc1. The average Bonchev–Trinajstić information content (AvgIpc) is 3.04. The molecule has 0 bridgehead atoms. The molecule has 0 radical (unpaired) electrons. The third kappa shape index (κ3) is 7.29. The van der Waals surface area contributed by atoms with Crippen molar-refractivity contribution in [2.45, 2.75) is 56.8 Å². The van der Waals surface area contributed by atoms with Crippen LogP contribution in [0.15, 0.2) is 97.1 Å². The second kappa shape index (κ2) is 14.5. The maximum absolute atomic E-state index is 12.1. The summed E-state index contributed by atoms with van der Waals surface area (Å²) in [7, 11) is 0. The summed E-state index contributed by atoms with van der Waals surface area (Å²) in [5, 5.41) is 38.8. The van der Waals surface area contributed by atoms with Crippen LogP contribution >= 0.6 is 0 Å². The molecule has 8 nitrogen and oxygen atoms in total. The van der Waals surface area contributed by atoms with Gasteiger partial charge in [0.25, 0.3) is 0 Å².